The van der Waals surface area contributed by atoms with Gasteiger partial charge in [0.1, 0.15) is 0 Å². The Balaban J connectivity index is 3.07. The minimum absolute atomic E-state index is 0.781. The first-order chi connectivity index (χ1) is 6.17. The third-order valence-electron chi connectivity index (χ3n) is 1.87. The number of allylic oxidation sites excluding steroid dienone is 1. The smallest absolute Gasteiger partial charge is 0.0420 e. The van der Waals surface area contributed by atoms with Crippen molar-refractivity contribution in [1.82, 2.24) is 0 Å². The summed E-state index contributed by atoms with van der Waals surface area (Å²) >= 11 is 7.66. The molecule has 1 aromatic rings. The molecule has 69 valence electrons. The number of thioether (sulfide) groups is 1. The molecule has 0 saturated carbocycles. The second-order valence-electron chi connectivity index (χ2n) is 2.77. The molecule has 0 atom stereocenters. The Bertz CT molecular complexity index is 307. The van der Waals surface area contributed by atoms with E-state index in [-0.39, 0.29) is 0 Å². The van der Waals surface area contributed by atoms with Crippen molar-refractivity contribution in [3.8, 4) is 0 Å². The molecule has 1 rings (SSSR count). The molecule has 13 heavy (non-hydrogen) atoms. The molecular weight excluding hydrogens is 200 g/mol. The summed E-state index contributed by atoms with van der Waals surface area (Å²) in [4.78, 5) is 1.18. The molecule has 1 radical (unpaired) electrons. The maximum atomic E-state index is 5.97. The summed E-state index contributed by atoms with van der Waals surface area (Å²) in [5.74, 6) is 1.15. The Morgan fingerprint density at radius 3 is 2.69 bits per heavy atom. The first kappa shape index (κ1) is 10.7. The topological polar surface area (TPSA) is 0 Å². The Morgan fingerprint density at radius 1 is 1.46 bits per heavy atom. The molecule has 0 aliphatic heterocycles. The SMILES string of the molecule is C=C[C](C)c1cc(Cl)cc(SC)c1. The van der Waals surface area contributed by atoms with E-state index in [1.165, 1.54) is 4.90 Å². The van der Waals surface area contributed by atoms with Crippen LogP contribution in [0.1, 0.15) is 12.5 Å². The molecule has 0 bridgehead atoms. The van der Waals surface area contributed by atoms with E-state index in [2.05, 4.69) is 12.6 Å². The zero-order valence-electron chi connectivity index (χ0n) is 7.80. The van der Waals surface area contributed by atoms with Gasteiger partial charge in [-0.3, -0.25) is 0 Å². The lowest BCUT2D eigenvalue weighted by atomic mass is 10.0. The zero-order valence-corrected chi connectivity index (χ0v) is 9.38. The number of rotatable bonds is 3. The molecule has 0 unspecified atom stereocenters. The lowest BCUT2D eigenvalue weighted by molar-refractivity contribution is 1.23. The molecule has 0 saturated heterocycles. The molecule has 0 aliphatic rings. The van der Waals surface area contributed by atoms with Crippen molar-refractivity contribution in [3.05, 3.63) is 47.4 Å². The Labute approximate surface area is 89.0 Å². The number of halogens is 1. The fraction of sp³-hybridized carbons (Fsp3) is 0.182. The summed E-state index contributed by atoms with van der Waals surface area (Å²) in [5.41, 5.74) is 1.15. The molecule has 1 aromatic carbocycles. The van der Waals surface area contributed by atoms with Crippen molar-refractivity contribution >= 4 is 23.4 Å². The Kier molecular flexibility index (Phi) is 3.89. The van der Waals surface area contributed by atoms with Crippen molar-refractivity contribution in [1.29, 1.82) is 0 Å². The fourth-order valence-corrected chi connectivity index (χ4v) is 1.82. The molecule has 2 heteroatoms. The van der Waals surface area contributed by atoms with E-state index in [4.69, 9.17) is 11.6 Å². The van der Waals surface area contributed by atoms with Crippen LogP contribution in [0.25, 0.3) is 0 Å². The van der Waals surface area contributed by atoms with E-state index in [0.717, 1.165) is 16.5 Å². The van der Waals surface area contributed by atoms with Crippen LogP contribution in [0.5, 0.6) is 0 Å². The van der Waals surface area contributed by atoms with Crippen LogP contribution in [0.3, 0.4) is 0 Å². The largest absolute Gasteiger partial charge is 0.130 e. The zero-order chi connectivity index (χ0) is 9.84. The van der Waals surface area contributed by atoms with Gasteiger partial charge in [-0.25, -0.2) is 0 Å². The summed E-state index contributed by atoms with van der Waals surface area (Å²) in [6.07, 6.45) is 3.88. The van der Waals surface area contributed by atoms with Crippen molar-refractivity contribution < 1.29 is 0 Å². The number of benzene rings is 1. The predicted molar refractivity (Wildman–Crippen MR) is 61.4 cm³/mol. The minimum atomic E-state index is 0.781. The number of hydrogen-bond acceptors (Lipinski definition) is 1. The molecule has 0 heterocycles. The van der Waals surface area contributed by atoms with Crippen molar-refractivity contribution in [2.75, 3.05) is 6.26 Å². The molecular formula is C11H12ClS. The van der Waals surface area contributed by atoms with Gasteiger partial charge in [0.25, 0.3) is 0 Å². The van der Waals surface area contributed by atoms with Crippen molar-refractivity contribution in [2.45, 2.75) is 11.8 Å². The van der Waals surface area contributed by atoms with Gasteiger partial charge in [0, 0.05) is 15.8 Å². The van der Waals surface area contributed by atoms with Crippen LogP contribution in [-0.4, -0.2) is 6.26 Å². The van der Waals surface area contributed by atoms with Crippen LogP contribution in [0.2, 0.25) is 5.02 Å². The second-order valence-corrected chi connectivity index (χ2v) is 4.08. The lowest BCUT2D eigenvalue weighted by Gasteiger charge is -2.07. The van der Waals surface area contributed by atoms with Crippen molar-refractivity contribution in [2.24, 2.45) is 0 Å². The van der Waals surface area contributed by atoms with Gasteiger partial charge < -0.3 is 0 Å². The Morgan fingerprint density at radius 2 is 2.15 bits per heavy atom. The van der Waals surface area contributed by atoms with Crippen molar-refractivity contribution in [3.63, 3.8) is 0 Å². The average molecular weight is 212 g/mol. The highest BCUT2D eigenvalue weighted by Gasteiger charge is 2.04. The maximum absolute atomic E-state index is 5.97. The summed E-state index contributed by atoms with van der Waals surface area (Å²) in [5, 5.41) is 0.781. The van der Waals surface area contributed by atoms with Gasteiger partial charge >= 0.3 is 0 Å². The maximum Gasteiger partial charge on any atom is 0.0420 e. The van der Waals surface area contributed by atoms with Gasteiger partial charge in [-0.05, 0) is 30.0 Å². The molecule has 0 spiro atoms. The van der Waals surface area contributed by atoms with Crippen LogP contribution in [-0.2, 0) is 0 Å². The summed E-state index contributed by atoms with van der Waals surface area (Å²) in [6.45, 7) is 5.77. The van der Waals surface area contributed by atoms with Crippen LogP contribution < -0.4 is 0 Å². The fourth-order valence-electron chi connectivity index (χ4n) is 1.03. The predicted octanol–water partition coefficient (Wildman–Crippen LogP) is 4.19. The molecule has 0 amide bonds. The minimum Gasteiger partial charge on any atom is -0.130 e. The van der Waals surface area contributed by atoms with Crippen LogP contribution in [0.15, 0.2) is 35.7 Å². The van der Waals surface area contributed by atoms with Crippen LogP contribution >= 0.6 is 23.4 Å². The first-order valence-corrected chi connectivity index (χ1v) is 5.58. The highest BCUT2D eigenvalue weighted by Crippen LogP contribution is 2.26. The summed E-state index contributed by atoms with van der Waals surface area (Å²) < 4.78 is 0. The van der Waals surface area contributed by atoms with Gasteiger partial charge in [0.15, 0.2) is 0 Å². The van der Waals surface area contributed by atoms with Gasteiger partial charge in [0.2, 0.25) is 0 Å². The van der Waals surface area contributed by atoms with E-state index >= 15 is 0 Å². The quantitative estimate of drug-likeness (QED) is 0.676. The monoisotopic (exact) mass is 211 g/mol. The summed E-state index contributed by atoms with van der Waals surface area (Å²) in [7, 11) is 0. The molecule has 0 nitrogen and oxygen atoms in total. The van der Waals surface area contributed by atoms with Crippen LogP contribution in [0, 0.1) is 5.92 Å². The van der Waals surface area contributed by atoms with Gasteiger partial charge in [-0.15, -0.1) is 18.3 Å². The molecule has 0 aliphatic carbocycles. The normalized spacial score (nSPS) is 10.5. The lowest BCUT2D eigenvalue weighted by Crippen LogP contribution is -1.89. The van der Waals surface area contributed by atoms with Gasteiger partial charge in [0.05, 0.1) is 0 Å². The third-order valence-corrected chi connectivity index (χ3v) is 2.79. The first-order valence-electron chi connectivity index (χ1n) is 3.98. The second kappa shape index (κ2) is 4.73. The third kappa shape index (κ3) is 2.78. The number of hydrogen-bond donors (Lipinski definition) is 0. The molecule has 0 fully saturated rings. The van der Waals surface area contributed by atoms with Gasteiger partial charge in [-0.1, -0.05) is 24.6 Å². The highest BCUT2D eigenvalue weighted by molar-refractivity contribution is 7.98. The van der Waals surface area contributed by atoms with E-state index in [1.54, 1.807) is 11.8 Å². The van der Waals surface area contributed by atoms with E-state index < -0.39 is 0 Å². The van der Waals surface area contributed by atoms with E-state index in [1.807, 2.05) is 31.4 Å². The van der Waals surface area contributed by atoms with E-state index in [9.17, 15) is 0 Å². The summed E-state index contributed by atoms with van der Waals surface area (Å²) in [6, 6.07) is 6.04. The average Bonchev–Trinajstić information content (AvgIpc) is 2.15. The highest BCUT2D eigenvalue weighted by atomic mass is 35.5. The Hall–Kier alpha value is -0.400. The van der Waals surface area contributed by atoms with E-state index in [0.29, 0.717) is 0 Å². The van der Waals surface area contributed by atoms with Gasteiger partial charge in [-0.2, -0.15) is 0 Å². The molecule has 0 aromatic heterocycles. The molecule has 0 N–H and O–H groups in total. The van der Waals surface area contributed by atoms with Crippen LogP contribution in [0.4, 0.5) is 0 Å². The standard InChI is InChI=1S/C11H12ClS/c1-4-8(2)9-5-10(12)7-11(6-9)13-3/h4-7H,1H2,2-3H3.